The van der Waals surface area contributed by atoms with E-state index in [2.05, 4.69) is 11.9 Å². The zero-order valence-electron chi connectivity index (χ0n) is 21.5. The lowest BCUT2D eigenvalue weighted by atomic mass is 9.98. The molecule has 2 amide bonds. The zero-order chi connectivity index (χ0) is 28.8. The van der Waals surface area contributed by atoms with Crippen molar-refractivity contribution < 1.29 is 23.3 Å². The fourth-order valence-corrected chi connectivity index (χ4v) is 5.94. The molecule has 0 bridgehead atoms. The molecule has 4 rings (SSSR count). The van der Waals surface area contributed by atoms with Crippen LogP contribution in [0.25, 0.3) is 0 Å². The molecule has 1 aliphatic rings. The largest absolute Gasteiger partial charge is 0.451 e. The first kappa shape index (κ1) is 28.7. The molecule has 10 heteroatoms. The summed E-state index contributed by atoms with van der Waals surface area (Å²) < 4.78 is 18.5. The molecule has 1 aliphatic heterocycles. The third-order valence-corrected chi connectivity index (χ3v) is 7.84. The first-order valence-electron chi connectivity index (χ1n) is 12.3. The SMILES string of the molecule is C=C(C)C(C(=O)OC(c1ccccc1)c1ccccc1)N1C(=O)C(NC(=O)Cc2cccc(C#N)c2)C1S(=O)Cl. The van der Waals surface area contributed by atoms with Crippen LogP contribution in [0.15, 0.2) is 97.1 Å². The highest BCUT2D eigenvalue weighted by atomic mass is 35.7. The average molecular weight is 576 g/mol. The summed E-state index contributed by atoms with van der Waals surface area (Å²) in [5, 5.41) is 10.5. The number of hydrogen-bond acceptors (Lipinski definition) is 6. The van der Waals surface area contributed by atoms with Crippen LogP contribution < -0.4 is 5.32 Å². The molecule has 3 aromatic carbocycles. The quantitative estimate of drug-likeness (QED) is 0.169. The van der Waals surface area contributed by atoms with Crippen LogP contribution in [0.5, 0.6) is 0 Å². The summed E-state index contributed by atoms with van der Waals surface area (Å²) in [7, 11) is 3.84. The predicted molar refractivity (Wildman–Crippen MR) is 151 cm³/mol. The molecule has 0 aromatic heterocycles. The van der Waals surface area contributed by atoms with Crippen molar-refractivity contribution in [3.05, 3.63) is 119 Å². The minimum atomic E-state index is -2.14. The third kappa shape index (κ3) is 6.30. The molecule has 4 atom stereocenters. The molecular weight excluding hydrogens is 550 g/mol. The number of β-lactam (4-membered cyclic amide) rings is 1. The lowest BCUT2D eigenvalue weighted by Gasteiger charge is -2.48. The number of benzene rings is 3. The molecule has 1 saturated heterocycles. The lowest BCUT2D eigenvalue weighted by molar-refractivity contribution is -0.165. The van der Waals surface area contributed by atoms with Gasteiger partial charge in [0.2, 0.25) is 11.8 Å². The summed E-state index contributed by atoms with van der Waals surface area (Å²) >= 11 is 0. The maximum Gasteiger partial charge on any atom is 0.334 e. The van der Waals surface area contributed by atoms with Crippen molar-refractivity contribution in [1.82, 2.24) is 10.2 Å². The second-order valence-electron chi connectivity index (χ2n) is 9.31. The molecule has 204 valence electrons. The summed E-state index contributed by atoms with van der Waals surface area (Å²) in [6, 6.07) is 24.3. The fourth-order valence-electron chi connectivity index (χ4n) is 4.57. The van der Waals surface area contributed by atoms with Gasteiger partial charge in [-0.15, -0.1) is 0 Å². The topological polar surface area (TPSA) is 117 Å². The van der Waals surface area contributed by atoms with Gasteiger partial charge in [-0.2, -0.15) is 5.26 Å². The van der Waals surface area contributed by atoms with E-state index in [1.54, 1.807) is 31.2 Å². The van der Waals surface area contributed by atoms with Crippen molar-refractivity contribution in [3.8, 4) is 6.07 Å². The molecule has 1 N–H and O–H groups in total. The molecule has 8 nitrogen and oxygen atoms in total. The van der Waals surface area contributed by atoms with Crippen molar-refractivity contribution in [2.24, 2.45) is 0 Å². The molecule has 1 fully saturated rings. The average Bonchev–Trinajstić information content (AvgIpc) is 2.95. The summed E-state index contributed by atoms with van der Waals surface area (Å²) in [4.78, 5) is 40.6. The lowest BCUT2D eigenvalue weighted by Crippen LogP contribution is -2.75. The van der Waals surface area contributed by atoms with E-state index in [1.807, 2.05) is 66.7 Å². The Hall–Kier alpha value is -4.26. The normalized spacial score (nSPS) is 17.8. The summed E-state index contributed by atoms with van der Waals surface area (Å²) in [5.41, 5.74) is 2.69. The van der Waals surface area contributed by atoms with Crippen LogP contribution in [0.4, 0.5) is 0 Å². The van der Waals surface area contributed by atoms with Gasteiger partial charge in [0.1, 0.15) is 16.1 Å². The number of nitrogens with zero attached hydrogens (tertiary/aromatic N) is 2. The van der Waals surface area contributed by atoms with E-state index in [0.717, 1.165) is 16.0 Å². The van der Waals surface area contributed by atoms with E-state index < -0.39 is 51.4 Å². The van der Waals surface area contributed by atoms with Gasteiger partial charge in [0.05, 0.1) is 18.1 Å². The zero-order valence-corrected chi connectivity index (χ0v) is 23.1. The molecular formula is C30H26ClN3O5S. The van der Waals surface area contributed by atoms with Crippen LogP contribution in [0.2, 0.25) is 0 Å². The Morgan fingerprint density at radius 3 is 2.20 bits per heavy atom. The first-order valence-corrected chi connectivity index (χ1v) is 14.4. The Labute approximate surface area is 239 Å². The van der Waals surface area contributed by atoms with Gasteiger partial charge in [-0.3, -0.25) is 9.59 Å². The van der Waals surface area contributed by atoms with E-state index in [0.29, 0.717) is 11.1 Å². The number of nitriles is 1. The number of ether oxygens (including phenoxy) is 1. The van der Waals surface area contributed by atoms with Gasteiger partial charge in [0.25, 0.3) is 0 Å². The first-order chi connectivity index (χ1) is 19.2. The second kappa shape index (κ2) is 12.7. The van der Waals surface area contributed by atoms with Gasteiger partial charge in [-0.05, 0) is 52.0 Å². The Balaban J connectivity index is 1.54. The Morgan fingerprint density at radius 2 is 1.68 bits per heavy atom. The smallest absolute Gasteiger partial charge is 0.334 e. The Morgan fingerprint density at radius 1 is 1.07 bits per heavy atom. The molecule has 1 heterocycles. The highest BCUT2D eigenvalue weighted by Gasteiger charge is 2.56. The number of carbonyl (C=O) groups excluding carboxylic acids is 3. The number of nitrogens with one attached hydrogen (secondary N) is 1. The van der Waals surface area contributed by atoms with Crippen LogP contribution >= 0.6 is 10.7 Å². The number of amides is 2. The van der Waals surface area contributed by atoms with Crippen LogP contribution in [-0.2, 0) is 35.6 Å². The summed E-state index contributed by atoms with van der Waals surface area (Å²) in [6.45, 7) is 5.43. The van der Waals surface area contributed by atoms with Crippen molar-refractivity contribution in [2.75, 3.05) is 0 Å². The molecule has 0 spiro atoms. The Kier molecular flexibility index (Phi) is 9.15. The number of likely N-dealkylation sites (tertiary alicyclic amines) is 1. The highest BCUT2D eigenvalue weighted by molar-refractivity contribution is 8.08. The molecule has 0 saturated carbocycles. The standard InChI is InChI=1S/C30H26ClN3O5S/c1-19(2)26(30(37)39-27(22-12-5-3-6-13-22)23-14-7-4-8-15-23)34-28(36)25(29(34)40(31)38)33-24(35)17-20-10-9-11-21(16-20)18-32/h3-16,25-27,29H,1,17H2,2H3,(H,33,35). The number of carbonyl (C=O) groups is 3. The van der Waals surface area contributed by atoms with Crippen molar-refractivity contribution in [3.63, 3.8) is 0 Å². The van der Waals surface area contributed by atoms with E-state index in [9.17, 15) is 18.6 Å². The number of hydrogen-bond donors (Lipinski definition) is 1. The van der Waals surface area contributed by atoms with Crippen LogP contribution in [0.3, 0.4) is 0 Å². The maximum atomic E-state index is 13.6. The van der Waals surface area contributed by atoms with Crippen LogP contribution in [-0.4, -0.2) is 44.4 Å². The maximum absolute atomic E-state index is 13.6. The summed E-state index contributed by atoms with van der Waals surface area (Å²) in [5.74, 6) is -1.94. The van der Waals surface area contributed by atoms with Gasteiger partial charge in [-0.1, -0.05) is 79.4 Å². The van der Waals surface area contributed by atoms with Crippen LogP contribution in [0.1, 0.15) is 35.3 Å². The van der Waals surface area contributed by atoms with Gasteiger partial charge >= 0.3 is 5.97 Å². The number of esters is 1. The predicted octanol–water partition coefficient (Wildman–Crippen LogP) is 3.93. The van der Waals surface area contributed by atoms with Crippen molar-refractivity contribution in [2.45, 2.75) is 36.9 Å². The van der Waals surface area contributed by atoms with E-state index >= 15 is 0 Å². The fraction of sp³-hybridized carbons (Fsp3) is 0.200. The number of halogens is 1. The minimum absolute atomic E-state index is 0.108. The van der Waals surface area contributed by atoms with Crippen molar-refractivity contribution >= 4 is 38.5 Å². The van der Waals surface area contributed by atoms with E-state index in [1.165, 1.54) is 0 Å². The number of rotatable bonds is 10. The molecule has 0 aliphatic carbocycles. The molecule has 3 aromatic rings. The van der Waals surface area contributed by atoms with Crippen LogP contribution in [0, 0.1) is 11.3 Å². The van der Waals surface area contributed by atoms with Gasteiger partial charge < -0.3 is 15.0 Å². The van der Waals surface area contributed by atoms with E-state index in [4.69, 9.17) is 20.7 Å². The summed E-state index contributed by atoms with van der Waals surface area (Å²) in [6.07, 6.45) is -0.879. The molecule has 40 heavy (non-hydrogen) atoms. The van der Waals surface area contributed by atoms with Gasteiger partial charge in [-0.25, -0.2) is 9.00 Å². The second-order valence-corrected chi connectivity index (χ2v) is 11.2. The van der Waals surface area contributed by atoms with Gasteiger partial charge in [0.15, 0.2) is 17.5 Å². The monoisotopic (exact) mass is 575 g/mol. The highest BCUT2D eigenvalue weighted by Crippen LogP contribution is 2.33. The van der Waals surface area contributed by atoms with Gasteiger partial charge in [0, 0.05) is 0 Å². The Bertz CT molecular complexity index is 1450. The third-order valence-electron chi connectivity index (χ3n) is 6.41. The molecule has 4 unspecified atom stereocenters. The molecule has 0 radical (unpaired) electrons. The van der Waals surface area contributed by atoms with Crippen molar-refractivity contribution in [1.29, 1.82) is 5.26 Å². The minimum Gasteiger partial charge on any atom is -0.451 e. The van der Waals surface area contributed by atoms with E-state index in [-0.39, 0.29) is 12.0 Å².